The van der Waals surface area contributed by atoms with Crippen LogP contribution in [0.25, 0.3) is 28.1 Å². The molecule has 0 fully saturated rings. The third kappa shape index (κ3) is 1.49. The highest BCUT2D eigenvalue weighted by Crippen LogP contribution is 2.26. The highest BCUT2D eigenvalue weighted by Gasteiger charge is 2.15. The second-order valence-corrected chi connectivity index (χ2v) is 4.48. The number of H-pyrrole nitrogens is 1. The molecule has 0 radical (unpaired) electrons. The number of nitrogen functional groups attached to an aromatic ring is 1. The van der Waals surface area contributed by atoms with E-state index < -0.39 is 0 Å². The van der Waals surface area contributed by atoms with E-state index >= 15 is 0 Å². The second kappa shape index (κ2) is 4.01. The van der Waals surface area contributed by atoms with Gasteiger partial charge in [0, 0.05) is 25.1 Å². The predicted octanol–water partition coefficient (Wildman–Crippen LogP) is 1.77. The number of hydrogen-bond acceptors (Lipinski definition) is 3. The number of aromatic nitrogens is 4. The molecule has 0 saturated carbocycles. The van der Waals surface area contributed by atoms with Crippen LogP contribution < -0.4 is 11.3 Å². The fraction of sp³-hybridized carbons (Fsp3) is 0.231. The normalized spacial score (nSPS) is 11.4. The Morgan fingerprint density at radius 2 is 2.37 bits per heavy atom. The molecule has 0 aromatic carbocycles. The van der Waals surface area contributed by atoms with E-state index in [-0.39, 0.29) is 5.56 Å². The van der Waals surface area contributed by atoms with Crippen LogP contribution in [-0.2, 0) is 6.54 Å². The van der Waals surface area contributed by atoms with Crippen molar-refractivity contribution < 1.29 is 0 Å². The summed E-state index contributed by atoms with van der Waals surface area (Å²) in [5.41, 5.74) is 7.81. The van der Waals surface area contributed by atoms with Gasteiger partial charge in [0.2, 0.25) is 0 Å². The van der Waals surface area contributed by atoms with E-state index in [0.29, 0.717) is 28.8 Å². The van der Waals surface area contributed by atoms with Crippen molar-refractivity contribution >= 4 is 33.8 Å². The van der Waals surface area contributed by atoms with Crippen molar-refractivity contribution in [3.05, 3.63) is 29.3 Å². The molecule has 0 unspecified atom stereocenters. The number of rotatable bonds is 3. The standard InChI is InChI=1S/C13H15N5O/c1-3-5-17-7-9-10(13(17)19)11(14)8-6-15-18(4-2)12(8)16-9/h4,6-7,15H,2-3,5,14H2,1H3. The van der Waals surface area contributed by atoms with E-state index in [2.05, 4.69) is 16.7 Å². The summed E-state index contributed by atoms with van der Waals surface area (Å²) in [5.74, 6) is 0. The highest BCUT2D eigenvalue weighted by atomic mass is 16.1. The molecular weight excluding hydrogens is 242 g/mol. The van der Waals surface area contributed by atoms with E-state index in [4.69, 9.17) is 5.73 Å². The molecule has 3 aromatic rings. The summed E-state index contributed by atoms with van der Waals surface area (Å²) >= 11 is 0. The number of nitrogens with two attached hydrogens (primary N) is 1. The molecule has 19 heavy (non-hydrogen) atoms. The number of hydrogen-bond donors (Lipinski definition) is 2. The van der Waals surface area contributed by atoms with Gasteiger partial charge in [-0.15, -0.1) is 0 Å². The molecule has 6 heteroatoms. The average Bonchev–Trinajstić information content (AvgIpc) is 2.93. The maximum atomic E-state index is 12.3. The lowest BCUT2D eigenvalue weighted by Gasteiger charge is -1.99. The van der Waals surface area contributed by atoms with Crippen molar-refractivity contribution in [2.45, 2.75) is 19.9 Å². The monoisotopic (exact) mass is 257 g/mol. The van der Waals surface area contributed by atoms with Gasteiger partial charge < -0.3 is 10.3 Å². The second-order valence-electron chi connectivity index (χ2n) is 4.48. The zero-order valence-electron chi connectivity index (χ0n) is 10.7. The number of nitrogens with one attached hydrogen (secondary N) is 1. The molecule has 0 saturated heterocycles. The molecular formula is C13H15N5O. The lowest BCUT2D eigenvalue weighted by atomic mass is 10.2. The van der Waals surface area contributed by atoms with Crippen LogP contribution in [0.5, 0.6) is 0 Å². The molecule has 0 bridgehead atoms. The first-order chi connectivity index (χ1) is 9.17. The van der Waals surface area contributed by atoms with Gasteiger partial charge in [-0.05, 0) is 6.42 Å². The predicted molar refractivity (Wildman–Crippen MR) is 76.9 cm³/mol. The molecule has 3 aromatic heterocycles. The smallest absolute Gasteiger partial charge is 0.262 e. The largest absolute Gasteiger partial charge is 0.397 e. The maximum absolute atomic E-state index is 12.3. The Labute approximate surface area is 109 Å². The summed E-state index contributed by atoms with van der Waals surface area (Å²) in [6.07, 6.45) is 6.00. The maximum Gasteiger partial charge on any atom is 0.262 e. The average molecular weight is 257 g/mol. The van der Waals surface area contributed by atoms with E-state index in [1.807, 2.05) is 6.92 Å². The number of fused-ring (bicyclic) bond motifs is 2. The zero-order chi connectivity index (χ0) is 13.6. The summed E-state index contributed by atoms with van der Waals surface area (Å²) in [5, 5.41) is 4.21. The summed E-state index contributed by atoms with van der Waals surface area (Å²) in [6.45, 7) is 6.40. The molecule has 98 valence electrons. The molecule has 0 aliphatic heterocycles. The molecule has 0 aliphatic rings. The van der Waals surface area contributed by atoms with Gasteiger partial charge in [-0.3, -0.25) is 9.89 Å². The fourth-order valence-corrected chi connectivity index (χ4v) is 2.36. The third-order valence-electron chi connectivity index (χ3n) is 3.26. The Kier molecular flexibility index (Phi) is 2.45. The van der Waals surface area contributed by atoms with Gasteiger partial charge in [0.25, 0.3) is 5.56 Å². The van der Waals surface area contributed by atoms with Crippen LogP contribution in [0.15, 0.2) is 23.8 Å². The first kappa shape index (κ1) is 11.6. The minimum Gasteiger partial charge on any atom is -0.397 e. The van der Waals surface area contributed by atoms with Crippen molar-refractivity contribution in [3.8, 4) is 0 Å². The van der Waals surface area contributed by atoms with Crippen LogP contribution in [-0.4, -0.2) is 19.3 Å². The van der Waals surface area contributed by atoms with Crippen LogP contribution >= 0.6 is 0 Å². The van der Waals surface area contributed by atoms with Gasteiger partial charge in [0.15, 0.2) is 5.65 Å². The van der Waals surface area contributed by atoms with Crippen LogP contribution in [0.4, 0.5) is 5.69 Å². The molecule has 3 heterocycles. The number of aromatic amines is 1. The van der Waals surface area contributed by atoms with Crippen LogP contribution in [0.2, 0.25) is 0 Å². The molecule has 6 nitrogen and oxygen atoms in total. The molecule has 0 aliphatic carbocycles. The lowest BCUT2D eigenvalue weighted by Crippen LogP contribution is -2.14. The molecule has 3 rings (SSSR count). The third-order valence-corrected chi connectivity index (χ3v) is 3.26. The summed E-state index contributed by atoms with van der Waals surface area (Å²) in [7, 11) is 0. The summed E-state index contributed by atoms with van der Waals surface area (Å²) < 4.78 is 3.33. The van der Waals surface area contributed by atoms with Crippen molar-refractivity contribution in [2.24, 2.45) is 0 Å². The Hall–Kier alpha value is -2.50. The van der Waals surface area contributed by atoms with E-state index in [1.54, 1.807) is 27.8 Å². The van der Waals surface area contributed by atoms with Gasteiger partial charge >= 0.3 is 0 Å². The minimum atomic E-state index is -0.0740. The first-order valence-corrected chi connectivity index (χ1v) is 6.17. The molecule has 3 N–H and O–H groups in total. The topological polar surface area (TPSA) is 81.6 Å². The lowest BCUT2D eigenvalue weighted by molar-refractivity contribution is 0.667. The first-order valence-electron chi connectivity index (χ1n) is 6.17. The number of anilines is 1. The Morgan fingerprint density at radius 3 is 3.05 bits per heavy atom. The van der Waals surface area contributed by atoms with Crippen molar-refractivity contribution in [3.63, 3.8) is 0 Å². The number of aryl methyl sites for hydroxylation is 1. The zero-order valence-corrected chi connectivity index (χ0v) is 10.7. The van der Waals surface area contributed by atoms with Crippen LogP contribution in [0.1, 0.15) is 13.3 Å². The van der Waals surface area contributed by atoms with Gasteiger partial charge in [-0.1, -0.05) is 13.5 Å². The van der Waals surface area contributed by atoms with E-state index in [0.717, 1.165) is 11.8 Å². The Balaban J connectivity index is 2.44. The summed E-state index contributed by atoms with van der Waals surface area (Å²) in [4.78, 5) is 16.8. The number of nitrogens with zero attached hydrogens (tertiary/aromatic N) is 3. The van der Waals surface area contributed by atoms with Crippen molar-refractivity contribution in [2.75, 3.05) is 5.73 Å². The van der Waals surface area contributed by atoms with Gasteiger partial charge in [0.1, 0.15) is 0 Å². The van der Waals surface area contributed by atoms with E-state index in [9.17, 15) is 4.79 Å². The fourth-order valence-electron chi connectivity index (χ4n) is 2.36. The molecule has 0 atom stereocenters. The number of pyridine rings is 1. The highest BCUT2D eigenvalue weighted by molar-refractivity contribution is 6.05. The molecule has 0 amide bonds. The summed E-state index contributed by atoms with van der Waals surface area (Å²) in [6, 6.07) is 0. The van der Waals surface area contributed by atoms with Crippen molar-refractivity contribution in [1.29, 1.82) is 0 Å². The minimum absolute atomic E-state index is 0.0740. The van der Waals surface area contributed by atoms with E-state index in [1.165, 1.54) is 0 Å². The van der Waals surface area contributed by atoms with Crippen LogP contribution in [0, 0.1) is 0 Å². The SMILES string of the molecule is C=Cn1[nH]cc2c(N)c3c(=O)n(CCC)cc3nc21. The Morgan fingerprint density at radius 1 is 1.58 bits per heavy atom. The van der Waals surface area contributed by atoms with Crippen LogP contribution in [0.3, 0.4) is 0 Å². The quantitative estimate of drug-likeness (QED) is 0.750. The Bertz CT molecular complexity index is 836. The van der Waals surface area contributed by atoms with Gasteiger partial charge in [-0.25, -0.2) is 9.67 Å². The van der Waals surface area contributed by atoms with Gasteiger partial charge in [0.05, 0.1) is 22.0 Å². The van der Waals surface area contributed by atoms with Gasteiger partial charge in [-0.2, -0.15) is 0 Å². The molecule has 0 spiro atoms. The van der Waals surface area contributed by atoms with Crippen molar-refractivity contribution in [1.82, 2.24) is 19.3 Å².